The quantitative estimate of drug-likeness (QED) is 0.355. The molecule has 2 nitrogen and oxygen atoms in total. The number of carbonyl (C=O) groups excluding carboxylic acids is 2. The molecule has 8 heavy (non-hydrogen) atoms. The molecule has 0 radical (unpaired) electrons. The SMILES string of the molecule is C=[O+]C(=O)C([CH2+])([CH2-])[CH2-]. The van der Waals surface area contributed by atoms with Gasteiger partial charge < -0.3 is 13.8 Å². The number of hydrogen-bond acceptors (Lipinski definition) is 1. The zero-order valence-corrected chi connectivity index (χ0v) is 4.64. The topological polar surface area (TPSA) is 28.4 Å². The smallest absolute Gasteiger partial charge is 0.307 e. The van der Waals surface area contributed by atoms with Crippen LogP contribution in [0.4, 0.5) is 0 Å². The summed E-state index contributed by atoms with van der Waals surface area (Å²) >= 11 is 0. The molecule has 0 aromatic carbocycles. The Morgan fingerprint density at radius 1 is 1.75 bits per heavy atom. The molecule has 0 aliphatic carbocycles. The van der Waals surface area contributed by atoms with Gasteiger partial charge in [-0.3, -0.25) is 4.42 Å². The fourth-order valence-corrected chi connectivity index (χ4v) is 0.153. The van der Waals surface area contributed by atoms with Gasteiger partial charge in [-0.25, -0.2) is 0 Å². The Kier molecular flexibility index (Phi) is 1.79. The second-order valence-corrected chi connectivity index (χ2v) is 1.71. The number of carbonyl (C=O) groups is 1. The largest absolute Gasteiger partial charge is 0.567 e. The van der Waals surface area contributed by atoms with Crippen molar-refractivity contribution >= 4 is 12.8 Å². The predicted octanol–water partition coefficient (Wildman–Crippen LogP) is 0.366. The van der Waals surface area contributed by atoms with Crippen molar-refractivity contribution in [2.45, 2.75) is 0 Å². The lowest BCUT2D eigenvalue weighted by Crippen LogP contribution is -2.20. The van der Waals surface area contributed by atoms with E-state index in [1.54, 1.807) is 0 Å². The van der Waals surface area contributed by atoms with Crippen molar-refractivity contribution in [3.05, 3.63) is 20.8 Å². The summed E-state index contributed by atoms with van der Waals surface area (Å²) in [6.07, 6.45) is 0. The second kappa shape index (κ2) is 1.99. The Morgan fingerprint density at radius 3 is 2.12 bits per heavy atom. The van der Waals surface area contributed by atoms with E-state index in [1.807, 2.05) is 0 Å². The second-order valence-electron chi connectivity index (χ2n) is 1.71. The van der Waals surface area contributed by atoms with Crippen LogP contribution in [0.5, 0.6) is 0 Å². The van der Waals surface area contributed by atoms with Crippen molar-refractivity contribution in [1.29, 1.82) is 0 Å². The van der Waals surface area contributed by atoms with Crippen LogP contribution in [0.2, 0.25) is 0 Å². The minimum absolute atomic E-state index is 0.613. The van der Waals surface area contributed by atoms with Crippen LogP contribution < -0.4 is 0 Å². The first-order valence-electron chi connectivity index (χ1n) is 2.01. The Bertz CT molecular complexity index is 108. The normalized spacial score (nSPS) is 10.8. The average Bonchev–Trinajstić information content (AvgIpc) is 1.62. The molecule has 0 aliphatic heterocycles. The maximum atomic E-state index is 10.4. The Morgan fingerprint density at radius 2 is 2.12 bits per heavy atom. The molecule has 0 spiro atoms. The molecule has 0 rings (SSSR count). The van der Waals surface area contributed by atoms with Gasteiger partial charge in [-0.1, -0.05) is 0 Å². The Balaban J connectivity index is 4.02. The zero-order valence-electron chi connectivity index (χ0n) is 4.64. The summed E-state index contributed by atoms with van der Waals surface area (Å²) in [7, 11) is 0. The summed E-state index contributed by atoms with van der Waals surface area (Å²) in [5, 5.41) is 0. The highest BCUT2D eigenvalue weighted by atomic mass is 16.4. The van der Waals surface area contributed by atoms with E-state index in [2.05, 4.69) is 32.0 Å². The maximum Gasteiger partial charge on any atom is 0.567 e. The van der Waals surface area contributed by atoms with Crippen molar-refractivity contribution in [2.75, 3.05) is 0 Å². The third-order valence-electron chi connectivity index (χ3n) is 0.564. The van der Waals surface area contributed by atoms with Gasteiger partial charge in [0, 0.05) is 17.1 Å². The number of hydrogen-bond donors (Lipinski definition) is 0. The number of rotatable bonds is 1. The summed E-state index contributed by atoms with van der Waals surface area (Å²) in [5.74, 6) is -0.613. The zero-order chi connectivity index (χ0) is 6.78. The van der Waals surface area contributed by atoms with E-state index < -0.39 is 11.4 Å². The van der Waals surface area contributed by atoms with Crippen LogP contribution in [0.25, 0.3) is 0 Å². The van der Waals surface area contributed by atoms with Gasteiger partial charge in [0.15, 0.2) is 6.79 Å². The standard InChI is InChI=1S/C6H8O2/c1-6(2,3)5(7)8-4/h1-4H2. The van der Waals surface area contributed by atoms with Crippen LogP contribution in [0.1, 0.15) is 0 Å². The van der Waals surface area contributed by atoms with Gasteiger partial charge in [0.2, 0.25) is 0 Å². The predicted molar refractivity (Wildman–Crippen MR) is 30.6 cm³/mol. The molecular weight excluding hydrogens is 104 g/mol. The molecule has 0 aromatic heterocycles. The van der Waals surface area contributed by atoms with Crippen LogP contribution in [0, 0.1) is 26.2 Å². The monoisotopic (exact) mass is 112 g/mol. The van der Waals surface area contributed by atoms with Gasteiger partial charge in [-0.05, 0) is 0 Å². The van der Waals surface area contributed by atoms with Gasteiger partial charge in [-0.2, -0.15) is 0 Å². The molecule has 0 saturated heterocycles. The lowest BCUT2D eigenvalue weighted by molar-refractivity contribution is -0.374. The minimum Gasteiger partial charge on any atom is -0.307 e. The third-order valence-corrected chi connectivity index (χ3v) is 0.564. The van der Waals surface area contributed by atoms with Gasteiger partial charge in [0.25, 0.3) is 0 Å². The molecule has 0 aliphatic rings. The summed E-state index contributed by atoms with van der Waals surface area (Å²) in [5.41, 5.74) is -1.16. The van der Waals surface area contributed by atoms with Crippen LogP contribution in [0.3, 0.4) is 0 Å². The highest BCUT2D eigenvalue weighted by Gasteiger charge is 2.25. The van der Waals surface area contributed by atoms with E-state index in [0.29, 0.717) is 0 Å². The molecule has 0 saturated carbocycles. The molecule has 0 aromatic rings. The minimum atomic E-state index is -1.16. The molecular formula is C6H8O2. The van der Waals surface area contributed by atoms with Gasteiger partial charge in [-0.15, -0.1) is 0 Å². The van der Waals surface area contributed by atoms with Gasteiger partial charge in [0.1, 0.15) is 0 Å². The molecule has 0 N–H and O–H groups in total. The van der Waals surface area contributed by atoms with E-state index >= 15 is 0 Å². The van der Waals surface area contributed by atoms with Crippen molar-refractivity contribution in [2.24, 2.45) is 5.41 Å². The first-order valence-corrected chi connectivity index (χ1v) is 2.01. The molecule has 0 fully saturated rings. The fraction of sp³-hybridized carbons (Fsp3) is 0.167. The van der Waals surface area contributed by atoms with Crippen LogP contribution in [-0.2, 0) is 9.22 Å². The molecule has 44 valence electrons. The van der Waals surface area contributed by atoms with Crippen molar-refractivity contribution in [3.8, 4) is 0 Å². The lowest BCUT2D eigenvalue weighted by atomic mass is 9.98. The molecule has 0 unspecified atom stereocenters. The van der Waals surface area contributed by atoms with Gasteiger partial charge in [0.05, 0.1) is 0 Å². The Labute approximate surface area is 49.2 Å². The maximum absolute atomic E-state index is 10.4. The first-order chi connectivity index (χ1) is 3.48. The molecule has 0 bridgehead atoms. The van der Waals surface area contributed by atoms with Crippen LogP contribution in [0.15, 0.2) is 0 Å². The first kappa shape index (κ1) is 7.21. The highest BCUT2D eigenvalue weighted by Crippen LogP contribution is 2.10. The van der Waals surface area contributed by atoms with Crippen molar-refractivity contribution in [1.82, 2.24) is 0 Å². The van der Waals surface area contributed by atoms with E-state index in [0.717, 1.165) is 0 Å². The van der Waals surface area contributed by atoms with E-state index in [1.165, 1.54) is 0 Å². The van der Waals surface area contributed by atoms with E-state index in [9.17, 15) is 4.79 Å². The highest BCUT2D eigenvalue weighted by molar-refractivity contribution is 5.76. The summed E-state index contributed by atoms with van der Waals surface area (Å²) in [6.45, 7) is 12.8. The van der Waals surface area contributed by atoms with Crippen molar-refractivity contribution in [3.63, 3.8) is 0 Å². The van der Waals surface area contributed by atoms with Crippen LogP contribution in [-0.4, -0.2) is 12.8 Å². The fourth-order valence-electron chi connectivity index (χ4n) is 0.153. The van der Waals surface area contributed by atoms with Gasteiger partial charge >= 0.3 is 5.97 Å². The lowest BCUT2D eigenvalue weighted by Gasteiger charge is -2.10. The van der Waals surface area contributed by atoms with Crippen LogP contribution >= 0.6 is 0 Å². The van der Waals surface area contributed by atoms with E-state index in [4.69, 9.17) is 0 Å². The van der Waals surface area contributed by atoms with Crippen molar-refractivity contribution < 1.29 is 9.22 Å². The summed E-state index contributed by atoms with van der Waals surface area (Å²) in [4.78, 5) is 10.4. The Hall–Kier alpha value is -0.790. The molecule has 2 heteroatoms. The summed E-state index contributed by atoms with van der Waals surface area (Å²) < 4.78 is 4.04. The van der Waals surface area contributed by atoms with E-state index in [-0.39, 0.29) is 0 Å². The molecule has 0 atom stereocenters. The molecule has 0 heterocycles. The average molecular weight is 112 g/mol. The molecule has 0 amide bonds. The third kappa shape index (κ3) is 1.78. The summed E-state index contributed by atoms with van der Waals surface area (Å²) in [6, 6.07) is 0.